The molecule has 0 heterocycles. The number of nitrogens with two attached hydrogens (primary N) is 1. The van der Waals surface area contributed by atoms with Crippen molar-refractivity contribution >= 4 is 0 Å². The van der Waals surface area contributed by atoms with Gasteiger partial charge in [-0.1, -0.05) is 13.8 Å². The van der Waals surface area contributed by atoms with Crippen LogP contribution in [0.4, 0.5) is 0 Å². The normalized spacial score (nSPS) is 15.8. The van der Waals surface area contributed by atoms with Crippen LogP contribution in [0.2, 0.25) is 0 Å². The van der Waals surface area contributed by atoms with Gasteiger partial charge in [-0.3, -0.25) is 0 Å². The molecule has 0 bridgehead atoms. The third kappa shape index (κ3) is 5.83. The molecule has 0 aliphatic heterocycles. The van der Waals surface area contributed by atoms with Crippen LogP contribution in [0, 0.1) is 0 Å². The summed E-state index contributed by atoms with van der Waals surface area (Å²) >= 11 is 0. The first-order valence-corrected chi connectivity index (χ1v) is 6.65. The monoisotopic (exact) mass is 230 g/mol. The van der Waals surface area contributed by atoms with E-state index in [-0.39, 0.29) is 0 Å². The summed E-state index contributed by atoms with van der Waals surface area (Å²) in [4.78, 5) is 2.46. The van der Waals surface area contributed by atoms with Gasteiger partial charge in [-0.05, 0) is 52.6 Å². The molecule has 0 aromatic heterocycles. The van der Waals surface area contributed by atoms with Gasteiger partial charge in [-0.15, -0.1) is 0 Å². The third-order valence-electron chi connectivity index (χ3n) is 3.37. The second kappa shape index (κ2) is 8.04. The van der Waals surface area contributed by atoms with Crippen molar-refractivity contribution in [2.45, 2.75) is 65.0 Å². The Morgan fingerprint density at radius 2 is 1.88 bits per heavy atom. The van der Waals surface area contributed by atoms with Gasteiger partial charge >= 0.3 is 0 Å². The predicted octanol–water partition coefficient (Wildman–Crippen LogP) is 1.99. The lowest BCUT2D eigenvalue weighted by Crippen LogP contribution is -2.39. The Labute approximate surface area is 101 Å². The molecule has 98 valence electrons. The zero-order valence-corrected chi connectivity index (χ0v) is 11.5. The Balaban J connectivity index is 3.93. The first kappa shape index (κ1) is 15.9. The summed E-state index contributed by atoms with van der Waals surface area (Å²) in [7, 11) is 0. The molecule has 0 saturated carbocycles. The molecule has 0 aliphatic rings. The maximum atomic E-state index is 10.1. The highest BCUT2D eigenvalue weighted by Crippen LogP contribution is 2.16. The molecule has 0 fully saturated rings. The van der Waals surface area contributed by atoms with Gasteiger partial charge in [0.2, 0.25) is 0 Å². The molecular weight excluding hydrogens is 200 g/mol. The van der Waals surface area contributed by atoms with Crippen molar-refractivity contribution in [3.8, 4) is 0 Å². The Bertz CT molecular complexity index is 167. The van der Waals surface area contributed by atoms with Crippen LogP contribution in [0.25, 0.3) is 0 Å². The van der Waals surface area contributed by atoms with Crippen molar-refractivity contribution in [1.29, 1.82) is 0 Å². The number of aliphatic hydroxyl groups is 1. The lowest BCUT2D eigenvalue weighted by Gasteiger charge is -2.29. The zero-order valence-electron chi connectivity index (χ0n) is 11.5. The molecule has 1 unspecified atom stereocenters. The number of rotatable bonds is 9. The van der Waals surface area contributed by atoms with Gasteiger partial charge in [-0.25, -0.2) is 0 Å². The van der Waals surface area contributed by atoms with Gasteiger partial charge in [0.15, 0.2) is 0 Å². The minimum atomic E-state index is -0.644. The van der Waals surface area contributed by atoms with Crippen molar-refractivity contribution in [1.82, 2.24) is 4.90 Å². The van der Waals surface area contributed by atoms with Crippen LogP contribution in [0.5, 0.6) is 0 Å². The summed E-state index contributed by atoms with van der Waals surface area (Å²) in [6, 6.07) is 0.590. The zero-order chi connectivity index (χ0) is 12.6. The van der Waals surface area contributed by atoms with E-state index in [0.717, 1.165) is 32.4 Å². The molecule has 1 atom stereocenters. The average Bonchev–Trinajstić information content (AvgIpc) is 2.27. The molecule has 0 spiro atoms. The highest BCUT2D eigenvalue weighted by molar-refractivity contribution is 4.78. The fourth-order valence-electron chi connectivity index (χ4n) is 1.95. The van der Waals surface area contributed by atoms with Crippen molar-refractivity contribution in [3.63, 3.8) is 0 Å². The smallest absolute Gasteiger partial charge is 0.0767 e. The van der Waals surface area contributed by atoms with E-state index in [4.69, 9.17) is 5.73 Å². The summed E-state index contributed by atoms with van der Waals surface area (Å²) in [6.07, 6.45) is 3.78. The molecule has 0 saturated heterocycles. The molecule has 3 N–H and O–H groups in total. The number of nitrogens with zero attached hydrogens (tertiary/aromatic N) is 1. The summed E-state index contributed by atoms with van der Waals surface area (Å²) in [5, 5.41) is 10.1. The number of hydrogen-bond donors (Lipinski definition) is 2. The highest BCUT2D eigenvalue weighted by atomic mass is 16.3. The molecule has 0 aromatic carbocycles. The SMILES string of the molecule is CCCN(CCCC(O)(CC)CN)C(C)C. The largest absolute Gasteiger partial charge is 0.389 e. The quantitative estimate of drug-likeness (QED) is 0.637. The fraction of sp³-hybridized carbons (Fsp3) is 1.00. The average molecular weight is 230 g/mol. The molecule has 0 aromatic rings. The van der Waals surface area contributed by atoms with E-state index in [1.165, 1.54) is 6.42 Å². The molecule has 3 nitrogen and oxygen atoms in total. The Morgan fingerprint density at radius 1 is 1.25 bits per heavy atom. The van der Waals surface area contributed by atoms with Crippen LogP contribution < -0.4 is 5.73 Å². The molecule has 0 amide bonds. The molecule has 0 rings (SSSR count). The van der Waals surface area contributed by atoms with E-state index in [2.05, 4.69) is 25.7 Å². The Kier molecular flexibility index (Phi) is 7.98. The molecule has 3 heteroatoms. The van der Waals surface area contributed by atoms with Gasteiger partial charge in [0.05, 0.1) is 5.60 Å². The van der Waals surface area contributed by atoms with E-state index >= 15 is 0 Å². The fourth-order valence-corrected chi connectivity index (χ4v) is 1.95. The predicted molar refractivity (Wildman–Crippen MR) is 70.5 cm³/mol. The Morgan fingerprint density at radius 3 is 2.25 bits per heavy atom. The second-order valence-electron chi connectivity index (χ2n) is 5.02. The van der Waals surface area contributed by atoms with E-state index in [1.807, 2.05) is 6.92 Å². The maximum Gasteiger partial charge on any atom is 0.0767 e. The maximum absolute atomic E-state index is 10.1. The van der Waals surface area contributed by atoms with Crippen LogP contribution in [0.15, 0.2) is 0 Å². The minimum absolute atomic E-state index is 0.374. The van der Waals surface area contributed by atoms with Crippen LogP contribution in [-0.4, -0.2) is 41.3 Å². The molecule has 0 radical (unpaired) electrons. The van der Waals surface area contributed by atoms with E-state index < -0.39 is 5.60 Å². The number of hydrogen-bond acceptors (Lipinski definition) is 3. The lowest BCUT2D eigenvalue weighted by atomic mass is 9.94. The van der Waals surface area contributed by atoms with Gasteiger partial charge in [-0.2, -0.15) is 0 Å². The summed E-state index contributed by atoms with van der Waals surface area (Å²) in [6.45, 7) is 11.2. The molecule has 0 aliphatic carbocycles. The molecular formula is C13H30N2O. The van der Waals surface area contributed by atoms with Gasteiger partial charge in [0.1, 0.15) is 0 Å². The minimum Gasteiger partial charge on any atom is -0.389 e. The summed E-state index contributed by atoms with van der Waals surface area (Å²) in [5.74, 6) is 0. The topological polar surface area (TPSA) is 49.5 Å². The van der Waals surface area contributed by atoms with Gasteiger partial charge in [0, 0.05) is 12.6 Å². The van der Waals surface area contributed by atoms with Crippen molar-refractivity contribution in [2.24, 2.45) is 5.73 Å². The standard InChI is InChI=1S/C13H30N2O/c1-5-9-15(12(3)4)10-7-8-13(16,6-2)11-14/h12,16H,5-11,14H2,1-4H3. The van der Waals surface area contributed by atoms with Crippen LogP contribution in [0.1, 0.15) is 53.4 Å². The van der Waals surface area contributed by atoms with Gasteiger partial charge < -0.3 is 15.7 Å². The summed E-state index contributed by atoms with van der Waals surface area (Å²) < 4.78 is 0. The Hall–Kier alpha value is -0.120. The van der Waals surface area contributed by atoms with Crippen molar-refractivity contribution < 1.29 is 5.11 Å². The van der Waals surface area contributed by atoms with Gasteiger partial charge in [0.25, 0.3) is 0 Å². The van der Waals surface area contributed by atoms with Crippen molar-refractivity contribution in [2.75, 3.05) is 19.6 Å². The van der Waals surface area contributed by atoms with E-state index in [0.29, 0.717) is 12.6 Å². The lowest BCUT2D eigenvalue weighted by molar-refractivity contribution is 0.0306. The summed E-state index contributed by atoms with van der Waals surface area (Å²) in [5.41, 5.74) is 4.95. The van der Waals surface area contributed by atoms with E-state index in [1.54, 1.807) is 0 Å². The highest BCUT2D eigenvalue weighted by Gasteiger charge is 2.22. The van der Waals surface area contributed by atoms with E-state index in [9.17, 15) is 5.11 Å². The molecule has 16 heavy (non-hydrogen) atoms. The van der Waals surface area contributed by atoms with Crippen LogP contribution in [-0.2, 0) is 0 Å². The second-order valence-corrected chi connectivity index (χ2v) is 5.02. The van der Waals surface area contributed by atoms with Crippen LogP contribution >= 0.6 is 0 Å². The first-order valence-electron chi connectivity index (χ1n) is 6.65. The third-order valence-corrected chi connectivity index (χ3v) is 3.37. The van der Waals surface area contributed by atoms with Crippen molar-refractivity contribution in [3.05, 3.63) is 0 Å². The first-order chi connectivity index (χ1) is 7.49. The van der Waals surface area contributed by atoms with Crippen LogP contribution in [0.3, 0.4) is 0 Å².